The SMILES string of the molecule is CC(C)c1ccc2c(c1)C(C)(C)c1cc(-c3c(O)ccc4ccccc34)ccc1-2. The molecule has 29 heavy (non-hydrogen) atoms. The van der Waals surface area contributed by atoms with E-state index in [0.29, 0.717) is 11.7 Å². The summed E-state index contributed by atoms with van der Waals surface area (Å²) in [5.41, 5.74) is 8.69. The van der Waals surface area contributed by atoms with Crippen molar-refractivity contribution >= 4 is 10.8 Å². The molecule has 0 aromatic heterocycles. The van der Waals surface area contributed by atoms with E-state index in [1.807, 2.05) is 18.2 Å². The minimum Gasteiger partial charge on any atom is -0.507 e. The van der Waals surface area contributed by atoms with Crippen molar-refractivity contribution in [2.24, 2.45) is 0 Å². The normalized spacial score (nSPS) is 14.2. The van der Waals surface area contributed by atoms with Gasteiger partial charge in [0.1, 0.15) is 5.75 Å². The molecule has 1 N–H and O–H groups in total. The van der Waals surface area contributed by atoms with Gasteiger partial charge in [0, 0.05) is 11.0 Å². The Morgan fingerprint density at radius 1 is 0.759 bits per heavy atom. The molecule has 0 heterocycles. The van der Waals surface area contributed by atoms with Crippen molar-refractivity contribution in [1.29, 1.82) is 0 Å². The van der Waals surface area contributed by atoms with Crippen LogP contribution in [0.25, 0.3) is 33.0 Å². The number of phenols is 1. The van der Waals surface area contributed by atoms with E-state index in [9.17, 15) is 5.11 Å². The van der Waals surface area contributed by atoms with E-state index in [2.05, 4.69) is 76.2 Å². The Balaban J connectivity index is 1.73. The lowest BCUT2D eigenvalue weighted by Gasteiger charge is -2.23. The Hall–Kier alpha value is -3.06. The molecule has 1 heteroatoms. The van der Waals surface area contributed by atoms with E-state index in [4.69, 9.17) is 0 Å². The van der Waals surface area contributed by atoms with Crippen LogP contribution in [0, 0.1) is 0 Å². The third-order valence-electron chi connectivity index (χ3n) is 6.56. The minimum atomic E-state index is -0.0637. The lowest BCUT2D eigenvalue weighted by atomic mass is 9.80. The standard InChI is InChI=1S/C28H26O/c1-17(2)19-9-12-22-23-13-10-20(16-25(23)28(3,4)24(22)15-19)27-21-8-6-5-7-18(21)11-14-26(27)29/h5-17,29H,1-4H3. The second kappa shape index (κ2) is 6.22. The summed E-state index contributed by atoms with van der Waals surface area (Å²) < 4.78 is 0. The topological polar surface area (TPSA) is 20.2 Å². The van der Waals surface area contributed by atoms with Gasteiger partial charge >= 0.3 is 0 Å². The number of benzene rings is 4. The maximum absolute atomic E-state index is 10.7. The molecular formula is C28H26O. The first-order valence-corrected chi connectivity index (χ1v) is 10.4. The van der Waals surface area contributed by atoms with Gasteiger partial charge in [0.25, 0.3) is 0 Å². The maximum Gasteiger partial charge on any atom is 0.124 e. The molecule has 1 aliphatic carbocycles. The molecule has 144 valence electrons. The molecule has 1 nitrogen and oxygen atoms in total. The second-order valence-electron chi connectivity index (χ2n) is 9.03. The van der Waals surface area contributed by atoms with Crippen LogP contribution < -0.4 is 0 Å². The van der Waals surface area contributed by atoms with E-state index < -0.39 is 0 Å². The van der Waals surface area contributed by atoms with Gasteiger partial charge in [-0.25, -0.2) is 0 Å². The number of fused-ring (bicyclic) bond motifs is 4. The van der Waals surface area contributed by atoms with Gasteiger partial charge in [0.05, 0.1) is 0 Å². The molecule has 0 saturated carbocycles. The van der Waals surface area contributed by atoms with Crippen LogP contribution in [0.5, 0.6) is 5.75 Å². The molecule has 0 spiro atoms. The van der Waals surface area contributed by atoms with Gasteiger partial charge in [-0.3, -0.25) is 0 Å². The zero-order valence-electron chi connectivity index (χ0n) is 17.5. The number of phenolic OH excluding ortho intramolecular Hbond substituents is 1. The lowest BCUT2D eigenvalue weighted by Crippen LogP contribution is -2.15. The summed E-state index contributed by atoms with van der Waals surface area (Å²) >= 11 is 0. The number of aromatic hydroxyl groups is 1. The van der Waals surface area contributed by atoms with Crippen molar-refractivity contribution in [1.82, 2.24) is 0 Å². The molecule has 0 saturated heterocycles. The second-order valence-corrected chi connectivity index (χ2v) is 9.03. The summed E-state index contributed by atoms with van der Waals surface area (Å²) in [7, 11) is 0. The molecule has 4 aromatic rings. The van der Waals surface area contributed by atoms with Crippen LogP contribution in [0.3, 0.4) is 0 Å². The average molecular weight is 379 g/mol. The van der Waals surface area contributed by atoms with Crippen molar-refractivity contribution in [2.45, 2.75) is 39.0 Å². The van der Waals surface area contributed by atoms with Gasteiger partial charge in [0.2, 0.25) is 0 Å². The predicted octanol–water partition coefficient (Wildman–Crippen LogP) is 7.64. The van der Waals surface area contributed by atoms with E-state index in [1.54, 1.807) is 6.07 Å². The van der Waals surface area contributed by atoms with E-state index >= 15 is 0 Å². The molecule has 0 amide bonds. The van der Waals surface area contributed by atoms with Gasteiger partial charge in [-0.2, -0.15) is 0 Å². The molecule has 0 fully saturated rings. The summed E-state index contributed by atoms with van der Waals surface area (Å²) in [5.74, 6) is 0.849. The van der Waals surface area contributed by atoms with Crippen molar-refractivity contribution in [3.63, 3.8) is 0 Å². The molecule has 0 unspecified atom stereocenters. The molecule has 5 rings (SSSR count). The van der Waals surface area contributed by atoms with E-state index in [-0.39, 0.29) is 5.41 Å². The quantitative estimate of drug-likeness (QED) is 0.380. The molecular weight excluding hydrogens is 352 g/mol. The highest BCUT2D eigenvalue weighted by atomic mass is 16.3. The average Bonchev–Trinajstić information content (AvgIpc) is 2.94. The summed E-state index contributed by atoms with van der Waals surface area (Å²) in [6, 6.07) is 25.6. The molecule has 4 aromatic carbocycles. The van der Waals surface area contributed by atoms with E-state index in [1.165, 1.54) is 27.8 Å². The fourth-order valence-electron chi connectivity index (χ4n) is 4.83. The molecule has 0 atom stereocenters. The fourth-order valence-corrected chi connectivity index (χ4v) is 4.83. The third-order valence-corrected chi connectivity index (χ3v) is 6.56. The first-order chi connectivity index (χ1) is 13.9. The Bertz CT molecular complexity index is 1260. The molecule has 0 aliphatic heterocycles. The monoisotopic (exact) mass is 378 g/mol. The lowest BCUT2D eigenvalue weighted by molar-refractivity contribution is 0.478. The Morgan fingerprint density at radius 2 is 1.45 bits per heavy atom. The van der Waals surface area contributed by atoms with Gasteiger partial charge in [-0.15, -0.1) is 0 Å². The fraction of sp³-hybridized carbons (Fsp3) is 0.214. The largest absolute Gasteiger partial charge is 0.507 e. The Labute approximate surface area is 172 Å². The van der Waals surface area contributed by atoms with Gasteiger partial charge in [-0.05, 0) is 62.2 Å². The summed E-state index contributed by atoms with van der Waals surface area (Å²) in [6.45, 7) is 9.12. The van der Waals surface area contributed by atoms with Crippen LogP contribution in [0.2, 0.25) is 0 Å². The third kappa shape index (κ3) is 2.61. The van der Waals surface area contributed by atoms with Crippen molar-refractivity contribution in [3.05, 3.63) is 89.5 Å². The molecule has 1 aliphatic rings. The van der Waals surface area contributed by atoms with Crippen LogP contribution in [-0.2, 0) is 5.41 Å². The minimum absolute atomic E-state index is 0.0637. The summed E-state index contributed by atoms with van der Waals surface area (Å²) in [4.78, 5) is 0. The van der Waals surface area contributed by atoms with Gasteiger partial charge in [0.15, 0.2) is 0 Å². The van der Waals surface area contributed by atoms with Crippen LogP contribution in [0.1, 0.15) is 50.3 Å². The van der Waals surface area contributed by atoms with Crippen LogP contribution in [0.15, 0.2) is 72.8 Å². The van der Waals surface area contributed by atoms with Crippen LogP contribution >= 0.6 is 0 Å². The zero-order valence-corrected chi connectivity index (χ0v) is 17.5. The molecule has 0 radical (unpaired) electrons. The van der Waals surface area contributed by atoms with Crippen LogP contribution in [0.4, 0.5) is 0 Å². The van der Waals surface area contributed by atoms with Crippen molar-refractivity contribution < 1.29 is 5.11 Å². The van der Waals surface area contributed by atoms with Crippen LogP contribution in [-0.4, -0.2) is 5.11 Å². The summed E-state index contributed by atoms with van der Waals surface area (Å²) in [5, 5.41) is 12.9. The smallest absolute Gasteiger partial charge is 0.124 e. The highest BCUT2D eigenvalue weighted by Crippen LogP contribution is 2.51. The first kappa shape index (κ1) is 18.0. The van der Waals surface area contributed by atoms with Gasteiger partial charge < -0.3 is 5.11 Å². The maximum atomic E-state index is 10.7. The number of rotatable bonds is 2. The summed E-state index contributed by atoms with van der Waals surface area (Å²) in [6.07, 6.45) is 0. The number of hydrogen-bond donors (Lipinski definition) is 1. The first-order valence-electron chi connectivity index (χ1n) is 10.4. The predicted molar refractivity (Wildman–Crippen MR) is 123 cm³/mol. The zero-order chi connectivity index (χ0) is 20.3. The highest BCUT2D eigenvalue weighted by Gasteiger charge is 2.36. The Kier molecular flexibility index (Phi) is 3.86. The van der Waals surface area contributed by atoms with Crippen molar-refractivity contribution in [2.75, 3.05) is 0 Å². The number of hydrogen-bond acceptors (Lipinski definition) is 1. The van der Waals surface area contributed by atoms with Crippen molar-refractivity contribution in [3.8, 4) is 28.0 Å². The van der Waals surface area contributed by atoms with Gasteiger partial charge in [-0.1, -0.05) is 88.4 Å². The van der Waals surface area contributed by atoms with E-state index in [0.717, 1.165) is 21.9 Å². The highest BCUT2D eigenvalue weighted by molar-refractivity contribution is 6.00. The Morgan fingerprint density at radius 3 is 2.21 bits per heavy atom. The molecule has 0 bridgehead atoms.